The lowest BCUT2D eigenvalue weighted by atomic mass is 10.1. The predicted molar refractivity (Wildman–Crippen MR) is 83.1 cm³/mol. The lowest BCUT2D eigenvalue weighted by Crippen LogP contribution is -2.18. The fraction of sp³-hybridized carbons (Fsp3) is 0.176. The number of hydrogen-bond donors (Lipinski definition) is 1. The third kappa shape index (κ3) is 3.35. The van der Waals surface area contributed by atoms with Crippen molar-refractivity contribution in [1.82, 2.24) is 20.1 Å². The van der Waals surface area contributed by atoms with Gasteiger partial charge in [-0.05, 0) is 42.8 Å². The highest BCUT2D eigenvalue weighted by Gasteiger charge is 2.06. The Morgan fingerprint density at radius 3 is 2.57 bits per heavy atom. The lowest BCUT2D eigenvalue weighted by Gasteiger charge is -2.12. The van der Waals surface area contributed by atoms with Crippen molar-refractivity contribution >= 4 is 0 Å². The zero-order valence-corrected chi connectivity index (χ0v) is 12.0. The summed E-state index contributed by atoms with van der Waals surface area (Å²) in [4.78, 5) is 4.04. The predicted octanol–water partition coefficient (Wildman–Crippen LogP) is 3.12. The van der Waals surface area contributed by atoms with E-state index in [1.807, 2.05) is 71.8 Å². The number of benzene rings is 1. The number of para-hydroxylation sites is 1. The second-order valence-electron chi connectivity index (χ2n) is 4.97. The van der Waals surface area contributed by atoms with Crippen LogP contribution in [0.15, 0.2) is 67.1 Å². The molecule has 4 heteroatoms. The van der Waals surface area contributed by atoms with E-state index in [0.29, 0.717) is 0 Å². The van der Waals surface area contributed by atoms with Crippen molar-refractivity contribution in [2.24, 2.45) is 0 Å². The van der Waals surface area contributed by atoms with Crippen molar-refractivity contribution < 1.29 is 0 Å². The van der Waals surface area contributed by atoms with Crippen LogP contribution >= 0.6 is 0 Å². The number of pyridine rings is 1. The Balaban J connectivity index is 1.63. The number of hydrogen-bond acceptors (Lipinski definition) is 3. The number of nitrogens with one attached hydrogen (secondary N) is 1. The molecule has 1 N–H and O–H groups in total. The molecule has 4 nitrogen and oxygen atoms in total. The zero-order chi connectivity index (χ0) is 14.5. The van der Waals surface area contributed by atoms with E-state index in [-0.39, 0.29) is 6.04 Å². The van der Waals surface area contributed by atoms with E-state index >= 15 is 0 Å². The average Bonchev–Trinajstić information content (AvgIpc) is 3.03. The van der Waals surface area contributed by atoms with Crippen LogP contribution < -0.4 is 5.32 Å². The highest BCUT2D eigenvalue weighted by molar-refractivity contribution is 5.30. The molecular formula is C17H18N4. The summed E-state index contributed by atoms with van der Waals surface area (Å²) >= 11 is 0. The Morgan fingerprint density at radius 1 is 1.05 bits per heavy atom. The SMILES string of the molecule is C[C@@H](NCc1ccn(-c2ccccc2)n1)c1ccncc1. The fourth-order valence-corrected chi connectivity index (χ4v) is 2.21. The van der Waals surface area contributed by atoms with Crippen LogP contribution in [0.25, 0.3) is 5.69 Å². The molecule has 0 unspecified atom stereocenters. The lowest BCUT2D eigenvalue weighted by molar-refractivity contribution is 0.564. The third-order valence-corrected chi connectivity index (χ3v) is 3.46. The number of nitrogens with zero attached hydrogens (tertiary/aromatic N) is 3. The second-order valence-corrected chi connectivity index (χ2v) is 4.97. The van der Waals surface area contributed by atoms with Gasteiger partial charge in [0.1, 0.15) is 0 Å². The molecule has 0 aliphatic rings. The molecule has 0 aliphatic heterocycles. The minimum absolute atomic E-state index is 0.273. The van der Waals surface area contributed by atoms with Crippen molar-refractivity contribution in [3.05, 3.63) is 78.4 Å². The van der Waals surface area contributed by atoms with Crippen LogP contribution in [0, 0.1) is 0 Å². The van der Waals surface area contributed by atoms with Crippen molar-refractivity contribution in [3.8, 4) is 5.69 Å². The van der Waals surface area contributed by atoms with Gasteiger partial charge in [0.2, 0.25) is 0 Å². The second kappa shape index (κ2) is 6.33. The van der Waals surface area contributed by atoms with Crippen molar-refractivity contribution in [1.29, 1.82) is 0 Å². The molecule has 0 saturated carbocycles. The van der Waals surface area contributed by atoms with Gasteiger partial charge in [0.05, 0.1) is 11.4 Å². The molecule has 1 aromatic carbocycles. The van der Waals surface area contributed by atoms with E-state index < -0.39 is 0 Å². The van der Waals surface area contributed by atoms with Crippen LogP contribution in [0.1, 0.15) is 24.2 Å². The topological polar surface area (TPSA) is 42.7 Å². The smallest absolute Gasteiger partial charge is 0.0767 e. The monoisotopic (exact) mass is 278 g/mol. The number of aromatic nitrogens is 3. The molecule has 0 spiro atoms. The first-order valence-corrected chi connectivity index (χ1v) is 7.06. The largest absolute Gasteiger partial charge is 0.304 e. The molecule has 0 aliphatic carbocycles. The molecule has 0 bridgehead atoms. The Labute approximate surface area is 124 Å². The molecule has 0 fully saturated rings. The van der Waals surface area contributed by atoms with E-state index in [1.54, 1.807) is 0 Å². The molecule has 3 rings (SSSR count). The zero-order valence-electron chi connectivity index (χ0n) is 12.0. The summed E-state index contributed by atoms with van der Waals surface area (Å²) in [7, 11) is 0. The highest BCUT2D eigenvalue weighted by Crippen LogP contribution is 2.12. The first kappa shape index (κ1) is 13.5. The molecule has 1 atom stereocenters. The molecule has 0 amide bonds. The first-order chi connectivity index (χ1) is 10.3. The van der Waals surface area contributed by atoms with Crippen LogP contribution in [-0.4, -0.2) is 14.8 Å². The van der Waals surface area contributed by atoms with E-state index in [9.17, 15) is 0 Å². The third-order valence-electron chi connectivity index (χ3n) is 3.46. The summed E-state index contributed by atoms with van der Waals surface area (Å²) < 4.78 is 1.90. The van der Waals surface area contributed by atoms with Gasteiger partial charge >= 0.3 is 0 Å². The maximum Gasteiger partial charge on any atom is 0.0767 e. The van der Waals surface area contributed by atoms with Crippen LogP contribution in [0.4, 0.5) is 0 Å². The van der Waals surface area contributed by atoms with Gasteiger partial charge in [0.25, 0.3) is 0 Å². The molecular weight excluding hydrogens is 260 g/mol. The van der Waals surface area contributed by atoms with Gasteiger partial charge in [-0.15, -0.1) is 0 Å². The van der Waals surface area contributed by atoms with E-state index in [2.05, 4.69) is 22.3 Å². The summed E-state index contributed by atoms with van der Waals surface area (Å²) in [6, 6.07) is 16.5. The minimum atomic E-state index is 0.273. The molecule has 2 aromatic heterocycles. The van der Waals surface area contributed by atoms with Crippen LogP contribution in [-0.2, 0) is 6.54 Å². The van der Waals surface area contributed by atoms with Crippen LogP contribution in [0.2, 0.25) is 0 Å². The Hall–Kier alpha value is -2.46. The fourth-order valence-electron chi connectivity index (χ4n) is 2.21. The quantitative estimate of drug-likeness (QED) is 0.779. The molecule has 2 heterocycles. The summed E-state index contributed by atoms with van der Waals surface area (Å²) in [5.74, 6) is 0. The first-order valence-electron chi connectivity index (χ1n) is 7.06. The molecule has 0 saturated heterocycles. The Morgan fingerprint density at radius 2 is 1.81 bits per heavy atom. The molecule has 3 aromatic rings. The summed E-state index contributed by atoms with van der Waals surface area (Å²) in [6.07, 6.45) is 5.62. The summed E-state index contributed by atoms with van der Waals surface area (Å²) in [6.45, 7) is 2.88. The molecule has 106 valence electrons. The van der Waals surface area contributed by atoms with Crippen LogP contribution in [0.5, 0.6) is 0 Å². The van der Waals surface area contributed by atoms with Crippen LogP contribution in [0.3, 0.4) is 0 Å². The van der Waals surface area contributed by atoms with Gasteiger partial charge in [-0.1, -0.05) is 18.2 Å². The van der Waals surface area contributed by atoms with Gasteiger partial charge in [-0.25, -0.2) is 4.68 Å². The maximum atomic E-state index is 4.59. The van der Waals surface area contributed by atoms with Gasteiger partial charge in [-0.2, -0.15) is 5.10 Å². The van der Waals surface area contributed by atoms with E-state index in [4.69, 9.17) is 0 Å². The Kier molecular flexibility index (Phi) is 4.07. The van der Waals surface area contributed by atoms with Gasteiger partial charge in [0.15, 0.2) is 0 Å². The Bertz CT molecular complexity index is 676. The van der Waals surface area contributed by atoms with E-state index in [1.165, 1.54) is 5.56 Å². The molecule has 21 heavy (non-hydrogen) atoms. The minimum Gasteiger partial charge on any atom is -0.304 e. The highest BCUT2D eigenvalue weighted by atomic mass is 15.3. The summed E-state index contributed by atoms with van der Waals surface area (Å²) in [5.41, 5.74) is 3.33. The van der Waals surface area contributed by atoms with Gasteiger partial charge in [0, 0.05) is 31.2 Å². The van der Waals surface area contributed by atoms with E-state index in [0.717, 1.165) is 17.9 Å². The standard InChI is InChI=1S/C17H18N4/c1-14(15-7-10-18-11-8-15)19-13-16-9-12-21(20-16)17-5-3-2-4-6-17/h2-12,14,19H,13H2,1H3/t14-/m1/s1. The summed E-state index contributed by atoms with van der Waals surface area (Å²) in [5, 5.41) is 8.06. The molecule has 0 radical (unpaired) electrons. The van der Waals surface area contributed by atoms with Gasteiger partial charge < -0.3 is 5.32 Å². The van der Waals surface area contributed by atoms with Crippen molar-refractivity contribution in [2.45, 2.75) is 19.5 Å². The average molecular weight is 278 g/mol. The number of rotatable bonds is 5. The maximum absolute atomic E-state index is 4.59. The van der Waals surface area contributed by atoms with Crippen molar-refractivity contribution in [2.75, 3.05) is 0 Å². The normalized spacial score (nSPS) is 12.2. The van der Waals surface area contributed by atoms with Gasteiger partial charge in [-0.3, -0.25) is 4.98 Å². The van der Waals surface area contributed by atoms with Crippen molar-refractivity contribution in [3.63, 3.8) is 0 Å².